The van der Waals surface area contributed by atoms with Gasteiger partial charge in [0.2, 0.25) is 0 Å². The molecule has 0 bridgehead atoms. The second-order valence-electron chi connectivity index (χ2n) is 6.69. The molecule has 150 valence electrons. The first kappa shape index (κ1) is 20.4. The average molecular weight is 460 g/mol. The van der Waals surface area contributed by atoms with Crippen molar-refractivity contribution in [1.82, 2.24) is 0 Å². The second kappa shape index (κ2) is 7.76. The number of aryl methyl sites for hydroxylation is 1. The van der Waals surface area contributed by atoms with Crippen LogP contribution < -0.4 is 10.2 Å². The summed E-state index contributed by atoms with van der Waals surface area (Å²) in [5, 5.41) is 3.59. The largest absolute Gasteiger partial charge is 0.322 e. The fraction of sp³-hybridized carbons (Fsp3) is 0.0455. The number of halogens is 3. The van der Waals surface area contributed by atoms with E-state index in [4.69, 9.17) is 34.8 Å². The van der Waals surface area contributed by atoms with Gasteiger partial charge in [0.05, 0.1) is 32.4 Å². The van der Waals surface area contributed by atoms with E-state index < -0.39 is 17.7 Å². The molecule has 0 saturated carbocycles. The summed E-state index contributed by atoms with van der Waals surface area (Å²) < 4.78 is 0. The third kappa shape index (κ3) is 3.45. The van der Waals surface area contributed by atoms with Crippen molar-refractivity contribution in [3.63, 3.8) is 0 Å². The molecule has 3 aromatic rings. The summed E-state index contributed by atoms with van der Waals surface area (Å²) in [6, 6.07) is 14.2. The average Bonchev–Trinajstić information content (AvgIpc) is 2.95. The van der Waals surface area contributed by atoms with E-state index in [0.717, 1.165) is 10.5 Å². The molecule has 0 radical (unpaired) electrons. The molecule has 4 rings (SSSR count). The van der Waals surface area contributed by atoms with E-state index in [9.17, 15) is 14.4 Å². The molecule has 3 aromatic carbocycles. The third-order valence-corrected chi connectivity index (χ3v) is 5.72. The Hall–Kier alpha value is -2.86. The Morgan fingerprint density at radius 2 is 1.47 bits per heavy atom. The fourth-order valence-electron chi connectivity index (χ4n) is 3.23. The molecule has 0 atom stereocenters. The van der Waals surface area contributed by atoms with E-state index in [1.54, 1.807) is 30.3 Å². The van der Waals surface area contributed by atoms with Crippen molar-refractivity contribution >= 4 is 63.9 Å². The molecular formula is C22H13Cl3N2O3. The van der Waals surface area contributed by atoms with Gasteiger partial charge in [-0.1, -0.05) is 53.0 Å². The van der Waals surface area contributed by atoms with E-state index in [1.807, 2.05) is 6.92 Å². The van der Waals surface area contributed by atoms with Crippen LogP contribution in [0.5, 0.6) is 0 Å². The lowest BCUT2D eigenvalue weighted by Gasteiger charge is -2.18. The van der Waals surface area contributed by atoms with Crippen LogP contribution >= 0.6 is 34.8 Å². The maximum atomic E-state index is 13.0. The lowest BCUT2D eigenvalue weighted by Crippen LogP contribution is -2.31. The highest BCUT2D eigenvalue weighted by atomic mass is 35.5. The molecule has 1 aliphatic rings. The highest BCUT2D eigenvalue weighted by Crippen LogP contribution is 2.35. The van der Waals surface area contributed by atoms with Crippen LogP contribution in [0, 0.1) is 6.92 Å². The Labute approximate surface area is 187 Å². The molecule has 1 aliphatic heterocycles. The van der Waals surface area contributed by atoms with Crippen LogP contribution in [0.1, 0.15) is 36.6 Å². The van der Waals surface area contributed by atoms with E-state index in [2.05, 4.69) is 5.32 Å². The van der Waals surface area contributed by atoms with Crippen LogP contribution in [0.3, 0.4) is 0 Å². The molecule has 1 heterocycles. The molecule has 0 saturated heterocycles. The summed E-state index contributed by atoms with van der Waals surface area (Å²) in [6.45, 7) is 1.83. The van der Waals surface area contributed by atoms with Crippen LogP contribution in [-0.4, -0.2) is 17.7 Å². The Balaban J connectivity index is 1.74. The number of carbonyl (C=O) groups is 3. The van der Waals surface area contributed by atoms with Gasteiger partial charge in [-0.2, -0.15) is 0 Å². The molecule has 5 nitrogen and oxygen atoms in total. The number of para-hydroxylation sites is 1. The SMILES string of the molecule is Cc1ccc(Cl)cc1NC(=O)c1ccccc1N1C(=O)c2cc(Cl)c(Cl)cc2C1=O. The fourth-order valence-corrected chi connectivity index (χ4v) is 3.73. The van der Waals surface area contributed by atoms with Gasteiger partial charge in [-0.25, -0.2) is 4.90 Å². The van der Waals surface area contributed by atoms with Gasteiger partial charge in [0, 0.05) is 10.7 Å². The predicted molar refractivity (Wildman–Crippen MR) is 118 cm³/mol. The number of benzene rings is 3. The Kier molecular flexibility index (Phi) is 5.28. The van der Waals surface area contributed by atoms with Crippen molar-refractivity contribution < 1.29 is 14.4 Å². The quantitative estimate of drug-likeness (QED) is 0.488. The number of imide groups is 1. The molecule has 0 fully saturated rings. The van der Waals surface area contributed by atoms with Crippen LogP contribution in [-0.2, 0) is 0 Å². The third-order valence-electron chi connectivity index (χ3n) is 4.76. The van der Waals surface area contributed by atoms with Gasteiger partial charge in [-0.3, -0.25) is 14.4 Å². The molecule has 0 aromatic heterocycles. The number of amides is 3. The number of nitrogens with one attached hydrogen (secondary N) is 1. The van der Waals surface area contributed by atoms with Crippen LogP contribution in [0.4, 0.5) is 11.4 Å². The van der Waals surface area contributed by atoms with Crippen molar-refractivity contribution in [2.45, 2.75) is 6.92 Å². The first-order chi connectivity index (χ1) is 14.3. The van der Waals surface area contributed by atoms with Crippen molar-refractivity contribution in [2.24, 2.45) is 0 Å². The maximum absolute atomic E-state index is 13.0. The number of nitrogens with zero attached hydrogens (tertiary/aromatic N) is 1. The number of hydrogen-bond acceptors (Lipinski definition) is 3. The van der Waals surface area contributed by atoms with E-state index in [1.165, 1.54) is 24.3 Å². The Morgan fingerprint density at radius 1 is 0.867 bits per heavy atom. The molecule has 0 spiro atoms. The minimum atomic E-state index is -0.576. The van der Waals surface area contributed by atoms with Gasteiger partial charge < -0.3 is 5.32 Å². The first-order valence-corrected chi connectivity index (χ1v) is 9.95. The zero-order chi connectivity index (χ0) is 21.6. The summed E-state index contributed by atoms with van der Waals surface area (Å²) in [5.41, 5.74) is 1.93. The highest BCUT2D eigenvalue weighted by Gasteiger charge is 2.39. The number of anilines is 2. The van der Waals surface area contributed by atoms with Gasteiger partial charge in [-0.15, -0.1) is 0 Å². The summed E-state index contributed by atoms with van der Waals surface area (Å²) in [6.07, 6.45) is 0. The van der Waals surface area contributed by atoms with Crippen molar-refractivity contribution in [3.8, 4) is 0 Å². The van der Waals surface area contributed by atoms with E-state index in [0.29, 0.717) is 10.7 Å². The molecule has 30 heavy (non-hydrogen) atoms. The maximum Gasteiger partial charge on any atom is 0.266 e. The topological polar surface area (TPSA) is 66.5 Å². The van der Waals surface area contributed by atoms with Crippen molar-refractivity contribution in [2.75, 3.05) is 10.2 Å². The lowest BCUT2D eigenvalue weighted by molar-refractivity contribution is 0.0926. The van der Waals surface area contributed by atoms with Gasteiger partial charge >= 0.3 is 0 Å². The normalized spacial score (nSPS) is 12.9. The van der Waals surface area contributed by atoms with Gasteiger partial charge in [0.25, 0.3) is 17.7 Å². The van der Waals surface area contributed by atoms with Gasteiger partial charge in [-0.05, 0) is 48.9 Å². The molecular weight excluding hydrogens is 447 g/mol. The smallest absolute Gasteiger partial charge is 0.266 e. The highest BCUT2D eigenvalue weighted by molar-refractivity contribution is 6.44. The van der Waals surface area contributed by atoms with Crippen molar-refractivity contribution in [1.29, 1.82) is 0 Å². The summed E-state index contributed by atoms with van der Waals surface area (Å²) in [4.78, 5) is 39.9. The molecule has 0 unspecified atom stereocenters. The Bertz CT molecular complexity index is 1200. The summed E-state index contributed by atoms with van der Waals surface area (Å²) in [7, 11) is 0. The van der Waals surface area contributed by atoms with Gasteiger partial charge in [0.1, 0.15) is 0 Å². The number of hydrogen-bond donors (Lipinski definition) is 1. The Morgan fingerprint density at radius 3 is 2.10 bits per heavy atom. The second-order valence-corrected chi connectivity index (χ2v) is 7.94. The molecule has 8 heteroatoms. The van der Waals surface area contributed by atoms with Crippen LogP contribution in [0.2, 0.25) is 15.1 Å². The number of carbonyl (C=O) groups excluding carboxylic acids is 3. The van der Waals surface area contributed by atoms with E-state index in [-0.39, 0.29) is 32.4 Å². The molecule has 0 aliphatic carbocycles. The number of fused-ring (bicyclic) bond motifs is 1. The van der Waals surface area contributed by atoms with Crippen LogP contribution in [0.15, 0.2) is 54.6 Å². The zero-order valence-corrected chi connectivity index (χ0v) is 17.8. The molecule has 3 amide bonds. The van der Waals surface area contributed by atoms with Crippen LogP contribution in [0.25, 0.3) is 0 Å². The summed E-state index contributed by atoms with van der Waals surface area (Å²) >= 11 is 18.0. The zero-order valence-electron chi connectivity index (χ0n) is 15.5. The summed E-state index contributed by atoms with van der Waals surface area (Å²) in [5.74, 6) is -1.64. The standard InChI is InChI=1S/C22H13Cl3N2O3/c1-11-6-7-12(23)8-18(11)26-20(28)13-4-2-3-5-19(13)27-21(29)14-9-16(24)17(25)10-15(14)22(27)30/h2-10H,1H3,(H,26,28). The molecule has 1 N–H and O–H groups in total. The first-order valence-electron chi connectivity index (χ1n) is 8.82. The van der Waals surface area contributed by atoms with Crippen molar-refractivity contribution in [3.05, 3.63) is 91.9 Å². The number of rotatable bonds is 3. The lowest BCUT2D eigenvalue weighted by atomic mass is 10.1. The van der Waals surface area contributed by atoms with E-state index >= 15 is 0 Å². The van der Waals surface area contributed by atoms with Gasteiger partial charge in [0.15, 0.2) is 0 Å². The minimum Gasteiger partial charge on any atom is -0.322 e. The monoisotopic (exact) mass is 458 g/mol. The predicted octanol–water partition coefficient (Wildman–Crippen LogP) is 6.01. The minimum absolute atomic E-state index is 0.135.